The lowest BCUT2D eigenvalue weighted by Crippen LogP contribution is -2.02. The van der Waals surface area contributed by atoms with E-state index in [4.69, 9.17) is 0 Å². The quantitative estimate of drug-likeness (QED) is 0.324. The lowest BCUT2D eigenvalue weighted by molar-refractivity contribution is -0.393. The molecule has 0 spiro atoms. The summed E-state index contributed by atoms with van der Waals surface area (Å²) >= 11 is 0. The number of hydrogen-bond acceptors (Lipinski definition) is 9. The van der Waals surface area contributed by atoms with Gasteiger partial charge in [-0.2, -0.15) is 0 Å². The molecule has 1 aliphatic carbocycles. The summed E-state index contributed by atoms with van der Waals surface area (Å²) in [5.74, 6) is 0. The van der Waals surface area contributed by atoms with Crippen LogP contribution in [0.1, 0.15) is 11.1 Å². The van der Waals surface area contributed by atoms with Crippen LogP contribution in [0.3, 0.4) is 0 Å². The van der Waals surface area contributed by atoms with Crippen molar-refractivity contribution in [3.8, 4) is 11.1 Å². The highest BCUT2D eigenvalue weighted by atomic mass is 16.6. The van der Waals surface area contributed by atoms with E-state index in [-0.39, 0.29) is 45.0 Å². The Hall–Kier alpha value is -5.07. The number of rotatable bonds is 5. The predicted octanol–water partition coefficient (Wildman–Crippen LogP) is 4.47. The molecular formula is C19H9N5O8. The van der Waals surface area contributed by atoms with E-state index in [1.54, 1.807) is 0 Å². The number of hydrogen-bond donors (Lipinski definition) is 0. The van der Waals surface area contributed by atoms with Crippen LogP contribution in [0.15, 0.2) is 59.6 Å². The molecular weight excluding hydrogens is 426 g/mol. The van der Waals surface area contributed by atoms with E-state index in [2.05, 4.69) is 4.99 Å². The number of benzene rings is 3. The van der Waals surface area contributed by atoms with Crippen LogP contribution in [-0.2, 0) is 0 Å². The van der Waals surface area contributed by atoms with Crippen molar-refractivity contribution in [2.75, 3.05) is 0 Å². The van der Waals surface area contributed by atoms with Crippen LogP contribution in [0.5, 0.6) is 0 Å². The van der Waals surface area contributed by atoms with E-state index in [1.807, 2.05) is 0 Å². The molecule has 13 nitrogen and oxygen atoms in total. The van der Waals surface area contributed by atoms with Gasteiger partial charge < -0.3 is 0 Å². The zero-order valence-electron chi connectivity index (χ0n) is 15.7. The molecule has 4 rings (SSSR count). The summed E-state index contributed by atoms with van der Waals surface area (Å²) in [6.07, 6.45) is 0. The predicted molar refractivity (Wildman–Crippen MR) is 110 cm³/mol. The molecule has 0 aliphatic heterocycles. The maximum absolute atomic E-state index is 11.7. The average molecular weight is 435 g/mol. The first-order valence-electron chi connectivity index (χ1n) is 8.77. The summed E-state index contributed by atoms with van der Waals surface area (Å²) in [6.45, 7) is 0. The minimum atomic E-state index is -0.818. The van der Waals surface area contributed by atoms with Crippen LogP contribution < -0.4 is 0 Å². The lowest BCUT2D eigenvalue weighted by Gasteiger charge is -2.04. The fraction of sp³-hybridized carbons (Fsp3) is 0. The van der Waals surface area contributed by atoms with Crippen molar-refractivity contribution in [3.05, 3.63) is 106 Å². The van der Waals surface area contributed by atoms with Gasteiger partial charge in [-0.15, -0.1) is 0 Å². The first-order chi connectivity index (χ1) is 15.2. The highest BCUT2D eigenvalue weighted by Crippen LogP contribution is 2.46. The Morgan fingerprint density at radius 3 is 1.84 bits per heavy atom. The zero-order chi connectivity index (χ0) is 23.2. The van der Waals surface area contributed by atoms with Gasteiger partial charge in [0.05, 0.1) is 37.0 Å². The molecule has 32 heavy (non-hydrogen) atoms. The molecule has 0 N–H and O–H groups in total. The van der Waals surface area contributed by atoms with Gasteiger partial charge in [-0.25, -0.2) is 4.99 Å². The number of fused-ring (bicyclic) bond motifs is 3. The van der Waals surface area contributed by atoms with Crippen LogP contribution in [0, 0.1) is 40.5 Å². The van der Waals surface area contributed by atoms with Gasteiger partial charge >= 0.3 is 0 Å². The van der Waals surface area contributed by atoms with E-state index in [0.29, 0.717) is 0 Å². The molecule has 0 aromatic heterocycles. The van der Waals surface area contributed by atoms with Gasteiger partial charge in [-0.3, -0.25) is 40.5 Å². The molecule has 0 bridgehead atoms. The molecule has 158 valence electrons. The number of nitro groups is 4. The first kappa shape index (κ1) is 20.2. The molecule has 0 fully saturated rings. The van der Waals surface area contributed by atoms with E-state index in [9.17, 15) is 40.5 Å². The van der Waals surface area contributed by atoms with Crippen LogP contribution in [0.25, 0.3) is 11.1 Å². The van der Waals surface area contributed by atoms with Crippen molar-refractivity contribution in [2.45, 2.75) is 0 Å². The van der Waals surface area contributed by atoms with Crippen LogP contribution in [0.2, 0.25) is 0 Å². The van der Waals surface area contributed by atoms with E-state index < -0.39 is 31.1 Å². The van der Waals surface area contributed by atoms with Crippen LogP contribution in [0.4, 0.5) is 28.4 Å². The van der Waals surface area contributed by atoms with Crippen molar-refractivity contribution in [3.63, 3.8) is 0 Å². The summed E-state index contributed by atoms with van der Waals surface area (Å²) in [7, 11) is 0. The second-order valence-corrected chi connectivity index (χ2v) is 6.59. The molecule has 3 aromatic carbocycles. The molecule has 0 amide bonds. The van der Waals surface area contributed by atoms with E-state index in [1.165, 1.54) is 30.3 Å². The maximum Gasteiger partial charge on any atom is 0.294 e. The second kappa shape index (κ2) is 7.32. The Bertz CT molecular complexity index is 1400. The lowest BCUT2D eigenvalue weighted by atomic mass is 10.0. The van der Waals surface area contributed by atoms with Gasteiger partial charge in [0.1, 0.15) is 5.69 Å². The summed E-state index contributed by atoms with van der Waals surface area (Å²) in [6, 6.07) is 10.8. The SMILES string of the molecule is O=[N+]([O-])c1ccc2c(c1)C(=Nc1ccccc1[N+](=O)[O-])c1cc([N+](=O)[O-])cc([N+](=O)[O-])c1-2. The zero-order valence-corrected chi connectivity index (χ0v) is 15.7. The van der Waals surface area contributed by atoms with Crippen molar-refractivity contribution < 1.29 is 19.7 Å². The van der Waals surface area contributed by atoms with Gasteiger partial charge in [0.2, 0.25) is 0 Å². The van der Waals surface area contributed by atoms with Crippen molar-refractivity contribution in [1.29, 1.82) is 0 Å². The molecule has 3 aromatic rings. The minimum absolute atomic E-state index is 0.0113. The third-order valence-corrected chi connectivity index (χ3v) is 4.81. The number of non-ortho nitro benzene ring substituents is 2. The highest BCUT2D eigenvalue weighted by Gasteiger charge is 2.36. The molecule has 0 atom stereocenters. The average Bonchev–Trinajstić information content (AvgIpc) is 3.06. The van der Waals surface area contributed by atoms with Crippen LogP contribution >= 0.6 is 0 Å². The van der Waals surface area contributed by atoms with Crippen molar-refractivity contribution in [1.82, 2.24) is 0 Å². The number of para-hydroxylation sites is 2. The smallest absolute Gasteiger partial charge is 0.258 e. The summed E-state index contributed by atoms with van der Waals surface area (Å²) in [4.78, 5) is 47.0. The summed E-state index contributed by atoms with van der Waals surface area (Å²) in [5, 5.41) is 45.7. The Morgan fingerprint density at radius 2 is 1.22 bits per heavy atom. The normalized spacial score (nSPS) is 12.8. The van der Waals surface area contributed by atoms with Gasteiger partial charge in [0.15, 0.2) is 0 Å². The fourth-order valence-corrected chi connectivity index (χ4v) is 3.49. The monoisotopic (exact) mass is 435 g/mol. The van der Waals surface area contributed by atoms with Crippen molar-refractivity contribution >= 4 is 34.1 Å². The molecule has 13 heteroatoms. The van der Waals surface area contributed by atoms with E-state index >= 15 is 0 Å². The van der Waals surface area contributed by atoms with Gasteiger partial charge in [0, 0.05) is 35.4 Å². The van der Waals surface area contributed by atoms with Gasteiger partial charge in [0.25, 0.3) is 22.7 Å². The Balaban J connectivity index is 2.11. The summed E-state index contributed by atoms with van der Waals surface area (Å²) < 4.78 is 0. The molecule has 0 saturated heterocycles. The number of aliphatic imine (C=N–C) groups is 1. The van der Waals surface area contributed by atoms with E-state index in [0.717, 1.165) is 24.3 Å². The van der Waals surface area contributed by atoms with Crippen LogP contribution in [-0.4, -0.2) is 25.4 Å². The molecule has 0 heterocycles. The summed E-state index contributed by atoms with van der Waals surface area (Å²) in [5.41, 5.74) is -1.84. The highest BCUT2D eigenvalue weighted by molar-refractivity contribution is 6.27. The third-order valence-electron chi connectivity index (χ3n) is 4.81. The van der Waals surface area contributed by atoms with Gasteiger partial charge in [-0.1, -0.05) is 12.1 Å². The minimum Gasteiger partial charge on any atom is -0.258 e. The van der Waals surface area contributed by atoms with Crippen molar-refractivity contribution in [2.24, 2.45) is 4.99 Å². The number of nitro benzene ring substituents is 4. The first-order valence-corrected chi connectivity index (χ1v) is 8.77. The standard InChI is InChI=1S/C19H9N5O8/c25-21(26)10-5-6-12-13(7-10)19(20-15-3-1-2-4-16(15)23(29)30)14-8-11(22(27)28)9-17(18(12)14)24(31)32/h1-9H. The molecule has 0 radical (unpaired) electrons. The Kier molecular flexibility index (Phi) is 4.62. The molecule has 0 saturated carbocycles. The van der Waals surface area contributed by atoms with Gasteiger partial charge in [-0.05, 0) is 17.7 Å². The third kappa shape index (κ3) is 3.19. The molecule has 0 unspecified atom stereocenters. The topological polar surface area (TPSA) is 185 Å². The fourth-order valence-electron chi connectivity index (χ4n) is 3.49. The Labute approximate surface area is 176 Å². The maximum atomic E-state index is 11.7. The molecule has 1 aliphatic rings. The largest absolute Gasteiger partial charge is 0.294 e. The second-order valence-electron chi connectivity index (χ2n) is 6.59. The number of nitrogens with zero attached hydrogens (tertiary/aromatic N) is 5. The Morgan fingerprint density at radius 1 is 0.594 bits per heavy atom.